The van der Waals surface area contributed by atoms with E-state index < -0.39 is 26.4 Å². The Morgan fingerprint density at radius 1 is 1.03 bits per heavy atom. The Bertz CT molecular complexity index is 1020. The molecule has 0 bridgehead atoms. The minimum Gasteiger partial charge on any atom is -0.480 e. The standard InChI is InChI=1S/C26H33NO5Si/c1-26(2,3)33(4,5)32-17-14-23(24(28)29)27(15-17)25(30)31-16-22-20-12-8-6-10-18(20)19-11-7-9-13-21(19)22/h6-13,17,22-23H,14-16H2,1-5H3,(H,28,29)/t17-,23+/m1/s1. The van der Waals surface area contributed by atoms with Crippen LogP contribution < -0.4 is 0 Å². The molecule has 4 rings (SSSR count). The van der Waals surface area contributed by atoms with Gasteiger partial charge in [-0.05, 0) is 40.4 Å². The SMILES string of the molecule is CC(C)(C)[Si](C)(C)O[C@@H]1C[C@@H](C(=O)O)N(C(=O)OCC2c3ccccc3-c3ccccc32)C1. The van der Waals surface area contributed by atoms with Crippen LogP contribution in [0.15, 0.2) is 48.5 Å². The molecule has 2 aromatic carbocycles. The first kappa shape index (κ1) is 23.5. The molecular formula is C26H33NO5Si. The van der Waals surface area contributed by atoms with E-state index in [1.165, 1.54) is 4.90 Å². The highest BCUT2D eigenvalue weighted by Gasteiger charge is 2.46. The van der Waals surface area contributed by atoms with Crippen molar-refractivity contribution in [3.63, 3.8) is 0 Å². The Balaban J connectivity index is 1.47. The fraction of sp³-hybridized carbons (Fsp3) is 0.462. The van der Waals surface area contributed by atoms with Gasteiger partial charge in [0.2, 0.25) is 0 Å². The molecule has 0 saturated carbocycles. The van der Waals surface area contributed by atoms with Crippen LogP contribution >= 0.6 is 0 Å². The molecule has 1 N–H and O–H groups in total. The number of carbonyl (C=O) groups is 2. The third kappa shape index (κ3) is 4.44. The molecule has 7 heteroatoms. The Morgan fingerprint density at radius 2 is 1.58 bits per heavy atom. The van der Waals surface area contributed by atoms with Crippen LogP contribution in [0, 0.1) is 0 Å². The molecule has 2 atom stereocenters. The second-order valence-corrected chi connectivity index (χ2v) is 15.3. The minimum atomic E-state index is -2.09. The third-order valence-electron chi connectivity index (χ3n) is 7.39. The summed E-state index contributed by atoms with van der Waals surface area (Å²) < 4.78 is 12.2. The maximum atomic E-state index is 13.0. The van der Waals surface area contributed by atoms with Crippen molar-refractivity contribution in [3.8, 4) is 11.1 Å². The maximum Gasteiger partial charge on any atom is 0.410 e. The number of carboxylic acids is 1. The van der Waals surface area contributed by atoms with Crippen molar-refractivity contribution < 1.29 is 23.9 Å². The van der Waals surface area contributed by atoms with Crippen molar-refractivity contribution in [3.05, 3.63) is 59.7 Å². The van der Waals surface area contributed by atoms with Crippen molar-refractivity contribution in [2.24, 2.45) is 0 Å². The highest BCUT2D eigenvalue weighted by Crippen LogP contribution is 2.44. The van der Waals surface area contributed by atoms with Gasteiger partial charge in [0.25, 0.3) is 0 Å². The van der Waals surface area contributed by atoms with Crippen LogP contribution in [0.1, 0.15) is 44.2 Å². The first-order chi connectivity index (χ1) is 15.5. The Hall–Kier alpha value is -2.64. The summed E-state index contributed by atoms with van der Waals surface area (Å²) in [5.74, 6) is -1.09. The molecule has 0 unspecified atom stereocenters. The lowest BCUT2D eigenvalue weighted by molar-refractivity contribution is -0.141. The molecule has 0 aromatic heterocycles. The Morgan fingerprint density at radius 3 is 2.09 bits per heavy atom. The van der Waals surface area contributed by atoms with E-state index >= 15 is 0 Å². The van der Waals surface area contributed by atoms with Gasteiger partial charge < -0.3 is 14.3 Å². The summed E-state index contributed by atoms with van der Waals surface area (Å²) in [6.45, 7) is 11.1. The number of hydrogen-bond donors (Lipinski definition) is 1. The smallest absolute Gasteiger partial charge is 0.410 e. The van der Waals surface area contributed by atoms with Gasteiger partial charge in [-0.25, -0.2) is 9.59 Å². The van der Waals surface area contributed by atoms with Crippen LogP contribution in [0.4, 0.5) is 4.79 Å². The molecule has 6 nitrogen and oxygen atoms in total. The second-order valence-electron chi connectivity index (χ2n) is 10.5. The minimum absolute atomic E-state index is 0.00288. The first-order valence-electron chi connectivity index (χ1n) is 11.5. The van der Waals surface area contributed by atoms with E-state index in [0.717, 1.165) is 22.3 Å². The molecule has 2 aromatic rings. The van der Waals surface area contributed by atoms with Crippen molar-refractivity contribution in [2.45, 2.75) is 63.4 Å². The normalized spacial score (nSPS) is 20.5. The fourth-order valence-electron chi connectivity index (χ4n) is 4.59. The van der Waals surface area contributed by atoms with E-state index in [0.29, 0.717) is 0 Å². The van der Waals surface area contributed by atoms with Gasteiger partial charge in [-0.1, -0.05) is 69.3 Å². The molecule has 1 aliphatic carbocycles. The van der Waals surface area contributed by atoms with Crippen LogP contribution in [0.25, 0.3) is 11.1 Å². The summed E-state index contributed by atoms with van der Waals surface area (Å²) in [6, 6.07) is 15.4. The summed E-state index contributed by atoms with van der Waals surface area (Å²) in [5.41, 5.74) is 4.56. The number of ether oxygens (including phenoxy) is 1. The lowest BCUT2D eigenvalue weighted by Crippen LogP contribution is -2.45. The lowest BCUT2D eigenvalue weighted by Gasteiger charge is -2.38. The molecule has 33 heavy (non-hydrogen) atoms. The average molecular weight is 468 g/mol. The molecule has 1 fully saturated rings. The molecular weight excluding hydrogens is 434 g/mol. The first-order valence-corrected chi connectivity index (χ1v) is 14.4. The molecule has 0 radical (unpaired) electrons. The number of hydrogen-bond acceptors (Lipinski definition) is 4. The molecule has 176 valence electrons. The van der Waals surface area contributed by atoms with E-state index in [4.69, 9.17) is 9.16 Å². The molecule has 1 heterocycles. The van der Waals surface area contributed by atoms with Gasteiger partial charge in [0.1, 0.15) is 12.6 Å². The summed E-state index contributed by atoms with van der Waals surface area (Å²) in [4.78, 5) is 26.3. The quantitative estimate of drug-likeness (QED) is 0.589. The van der Waals surface area contributed by atoms with E-state index in [1.807, 2.05) is 24.3 Å². The van der Waals surface area contributed by atoms with E-state index in [1.54, 1.807) is 0 Å². The predicted molar refractivity (Wildman–Crippen MR) is 130 cm³/mol. The maximum absolute atomic E-state index is 13.0. The van der Waals surface area contributed by atoms with E-state index in [2.05, 4.69) is 58.1 Å². The van der Waals surface area contributed by atoms with Crippen molar-refractivity contribution >= 4 is 20.4 Å². The molecule has 1 saturated heterocycles. The third-order valence-corrected chi connectivity index (χ3v) is 11.9. The van der Waals surface area contributed by atoms with Crippen LogP contribution in [0.2, 0.25) is 18.1 Å². The fourth-order valence-corrected chi connectivity index (χ4v) is 5.95. The number of likely N-dealkylation sites (tertiary alicyclic amines) is 1. The van der Waals surface area contributed by atoms with Gasteiger partial charge >= 0.3 is 12.1 Å². The highest BCUT2D eigenvalue weighted by atomic mass is 28.4. The summed E-state index contributed by atoms with van der Waals surface area (Å²) in [6.07, 6.45) is -0.607. The molecule has 2 aliphatic rings. The van der Waals surface area contributed by atoms with E-state index in [-0.39, 0.29) is 36.6 Å². The average Bonchev–Trinajstić information content (AvgIpc) is 3.30. The van der Waals surface area contributed by atoms with Crippen molar-refractivity contribution in [1.82, 2.24) is 4.90 Å². The van der Waals surface area contributed by atoms with E-state index in [9.17, 15) is 14.7 Å². The van der Waals surface area contributed by atoms with Gasteiger partial charge in [-0.2, -0.15) is 0 Å². The highest BCUT2D eigenvalue weighted by molar-refractivity contribution is 6.74. The van der Waals surface area contributed by atoms with Crippen molar-refractivity contribution in [2.75, 3.05) is 13.2 Å². The van der Waals surface area contributed by atoms with Gasteiger partial charge in [-0.3, -0.25) is 4.90 Å². The van der Waals surface area contributed by atoms with Crippen LogP contribution in [-0.2, 0) is 14.0 Å². The number of aliphatic carboxylic acids is 1. The summed E-state index contributed by atoms with van der Waals surface area (Å²) in [5, 5.41) is 9.76. The zero-order chi connectivity index (χ0) is 24.0. The predicted octanol–water partition coefficient (Wildman–Crippen LogP) is 5.48. The number of benzene rings is 2. The number of amides is 1. The topological polar surface area (TPSA) is 76.1 Å². The number of carbonyl (C=O) groups excluding carboxylic acids is 1. The molecule has 1 aliphatic heterocycles. The number of fused-ring (bicyclic) bond motifs is 3. The van der Waals surface area contributed by atoms with Gasteiger partial charge in [-0.15, -0.1) is 0 Å². The zero-order valence-corrected chi connectivity index (χ0v) is 21.0. The monoisotopic (exact) mass is 467 g/mol. The molecule has 0 spiro atoms. The van der Waals surface area contributed by atoms with Crippen molar-refractivity contribution in [1.29, 1.82) is 0 Å². The second kappa shape index (κ2) is 8.61. The zero-order valence-electron chi connectivity index (χ0n) is 20.0. The van der Waals surface area contributed by atoms with Gasteiger partial charge in [0, 0.05) is 18.9 Å². The largest absolute Gasteiger partial charge is 0.480 e. The summed E-state index contributed by atoms with van der Waals surface area (Å²) >= 11 is 0. The van der Waals surface area contributed by atoms with Crippen LogP contribution in [0.5, 0.6) is 0 Å². The van der Waals surface area contributed by atoms with Gasteiger partial charge in [0.05, 0.1) is 6.10 Å². The van der Waals surface area contributed by atoms with Gasteiger partial charge in [0.15, 0.2) is 8.32 Å². The number of nitrogens with zero attached hydrogens (tertiary/aromatic N) is 1. The van der Waals surface area contributed by atoms with Crippen LogP contribution in [-0.4, -0.2) is 55.7 Å². The number of rotatable bonds is 5. The molecule has 1 amide bonds. The number of carboxylic acid groups (broad SMARTS) is 1. The Kier molecular flexibility index (Phi) is 6.14. The summed E-state index contributed by atoms with van der Waals surface area (Å²) in [7, 11) is -2.09. The lowest BCUT2D eigenvalue weighted by atomic mass is 9.98. The Labute approximate surface area is 196 Å². The van der Waals surface area contributed by atoms with Crippen LogP contribution in [0.3, 0.4) is 0 Å².